The number of rotatable bonds is 6. The molecular formula is C21H23N7O3S. The van der Waals surface area contributed by atoms with Gasteiger partial charge in [-0.1, -0.05) is 6.08 Å². The lowest BCUT2D eigenvalue weighted by Gasteiger charge is -2.14. The second-order valence-corrected chi connectivity index (χ2v) is 9.57. The number of hydrogen-bond acceptors (Lipinski definition) is 7. The first kappa shape index (κ1) is 20.6. The lowest BCUT2D eigenvalue weighted by atomic mass is 10.2. The van der Waals surface area contributed by atoms with E-state index in [1.807, 2.05) is 26.0 Å². The first-order valence-corrected chi connectivity index (χ1v) is 11.4. The van der Waals surface area contributed by atoms with Gasteiger partial charge in [-0.3, -0.25) is 14.9 Å². The third kappa shape index (κ3) is 4.07. The maximum absolute atomic E-state index is 12.4. The Hall–Kier alpha value is -3.34. The number of carbonyl (C=O) groups excluding carboxylic acids is 3. The van der Waals surface area contributed by atoms with Crippen molar-refractivity contribution < 1.29 is 14.4 Å². The van der Waals surface area contributed by atoms with Crippen molar-refractivity contribution in [3.05, 3.63) is 40.2 Å². The summed E-state index contributed by atoms with van der Waals surface area (Å²) >= 11 is 1.50. The Morgan fingerprint density at radius 1 is 1.31 bits per heavy atom. The average molecular weight is 454 g/mol. The Morgan fingerprint density at radius 3 is 2.81 bits per heavy atom. The monoisotopic (exact) mass is 453 g/mol. The topological polar surface area (TPSA) is 130 Å². The summed E-state index contributed by atoms with van der Waals surface area (Å²) in [4.78, 5) is 41.3. The fourth-order valence-corrected chi connectivity index (χ4v) is 4.67. The van der Waals surface area contributed by atoms with Gasteiger partial charge in [0.2, 0.25) is 0 Å². The number of anilines is 1. The van der Waals surface area contributed by atoms with Crippen molar-refractivity contribution in [1.82, 2.24) is 30.5 Å². The van der Waals surface area contributed by atoms with Crippen LogP contribution in [0.2, 0.25) is 0 Å². The summed E-state index contributed by atoms with van der Waals surface area (Å²) < 4.78 is 1.71. The minimum atomic E-state index is -0.553. The predicted molar refractivity (Wildman–Crippen MR) is 121 cm³/mol. The van der Waals surface area contributed by atoms with Crippen LogP contribution >= 0.6 is 11.8 Å². The van der Waals surface area contributed by atoms with Gasteiger partial charge in [-0.05, 0) is 39.2 Å². The molecule has 166 valence electrons. The minimum absolute atomic E-state index is 0.00227. The van der Waals surface area contributed by atoms with Crippen LogP contribution in [0.5, 0.6) is 0 Å². The Kier molecular flexibility index (Phi) is 5.12. The number of carbonyl (C=O) groups is 3. The van der Waals surface area contributed by atoms with E-state index in [2.05, 4.69) is 26.4 Å². The molecule has 0 radical (unpaired) electrons. The van der Waals surface area contributed by atoms with Crippen molar-refractivity contribution in [3.63, 3.8) is 0 Å². The molecule has 1 unspecified atom stereocenters. The lowest BCUT2D eigenvalue weighted by molar-refractivity contribution is -0.117. The number of fused-ring (bicyclic) bond motifs is 1. The predicted octanol–water partition coefficient (Wildman–Crippen LogP) is 2.07. The maximum atomic E-state index is 12.4. The van der Waals surface area contributed by atoms with Crippen molar-refractivity contribution in [1.29, 1.82) is 0 Å². The number of imide groups is 1. The van der Waals surface area contributed by atoms with Gasteiger partial charge >= 0.3 is 6.03 Å². The summed E-state index contributed by atoms with van der Waals surface area (Å²) in [6.45, 7) is 3.87. The van der Waals surface area contributed by atoms with E-state index in [0.29, 0.717) is 28.6 Å². The van der Waals surface area contributed by atoms with Crippen LogP contribution in [0, 0.1) is 0 Å². The van der Waals surface area contributed by atoms with E-state index >= 15 is 0 Å². The normalized spacial score (nSPS) is 21.8. The lowest BCUT2D eigenvalue weighted by Crippen LogP contribution is -2.30. The van der Waals surface area contributed by atoms with Crippen molar-refractivity contribution in [2.45, 2.75) is 50.4 Å². The number of allylic oxidation sites excluding steroid dienone is 1. The van der Waals surface area contributed by atoms with Crippen molar-refractivity contribution in [3.8, 4) is 0 Å². The van der Waals surface area contributed by atoms with Gasteiger partial charge in [-0.25, -0.2) is 9.78 Å². The summed E-state index contributed by atoms with van der Waals surface area (Å²) in [6, 6.07) is 1.90. The van der Waals surface area contributed by atoms with Crippen molar-refractivity contribution >= 4 is 47.1 Å². The highest BCUT2D eigenvalue weighted by atomic mass is 32.2. The first-order chi connectivity index (χ1) is 15.4. The van der Waals surface area contributed by atoms with E-state index in [0.717, 1.165) is 24.4 Å². The number of aromatic nitrogens is 3. The Balaban J connectivity index is 1.48. The van der Waals surface area contributed by atoms with E-state index in [-0.39, 0.29) is 22.9 Å². The van der Waals surface area contributed by atoms with Crippen LogP contribution in [0.4, 0.5) is 10.6 Å². The number of urea groups is 1. The molecule has 2 aromatic rings. The highest BCUT2D eigenvalue weighted by Crippen LogP contribution is 2.44. The summed E-state index contributed by atoms with van der Waals surface area (Å²) in [7, 11) is 0. The zero-order valence-corrected chi connectivity index (χ0v) is 18.5. The molecule has 2 aliphatic heterocycles. The summed E-state index contributed by atoms with van der Waals surface area (Å²) in [5.41, 5.74) is 2.17. The fourth-order valence-electron chi connectivity index (χ4n) is 3.57. The molecule has 1 aliphatic carbocycles. The number of nitrogens with one attached hydrogen (secondary N) is 4. The molecule has 4 N–H and O–H groups in total. The van der Waals surface area contributed by atoms with E-state index in [1.54, 1.807) is 16.8 Å². The van der Waals surface area contributed by atoms with E-state index in [9.17, 15) is 14.4 Å². The smallest absolute Gasteiger partial charge is 0.326 e. The van der Waals surface area contributed by atoms with Gasteiger partial charge in [-0.15, -0.1) is 11.8 Å². The second kappa shape index (κ2) is 7.97. The molecule has 4 amide bonds. The molecular weight excluding hydrogens is 430 g/mol. The van der Waals surface area contributed by atoms with Crippen LogP contribution < -0.4 is 21.3 Å². The van der Waals surface area contributed by atoms with Gasteiger partial charge in [0.05, 0.1) is 22.0 Å². The fraction of sp³-hybridized carbons (Fsp3) is 0.381. The standard InChI is InChI=1S/C21H23N7O3S/c1-10(2)23-20(30)16-6-5-15(32-16)13-8-17(24-12-3-4-12)28-18(25-13)11(9-22-28)7-14-19(29)27-21(31)26-14/h6-10,12,15,24H,3-5H2,1-2H3,(H,23,30)(H2,26,27,29,31)/b14-7-. The number of thioether (sulfide) groups is 1. The molecule has 0 spiro atoms. The second-order valence-electron chi connectivity index (χ2n) is 8.33. The van der Waals surface area contributed by atoms with E-state index in [4.69, 9.17) is 4.98 Å². The van der Waals surface area contributed by atoms with Gasteiger partial charge in [0.1, 0.15) is 11.5 Å². The molecule has 1 saturated carbocycles. The van der Waals surface area contributed by atoms with Gasteiger partial charge in [0.25, 0.3) is 11.8 Å². The van der Waals surface area contributed by atoms with E-state index in [1.165, 1.54) is 11.8 Å². The van der Waals surface area contributed by atoms with Crippen molar-refractivity contribution in [2.24, 2.45) is 0 Å². The Bertz CT molecular complexity index is 1200. The summed E-state index contributed by atoms with van der Waals surface area (Å²) in [6.07, 6.45) is 8.04. The number of amides is 4. The molecule has 1 saturated heterocycles. The zero-order valence-electron chi connectivity index (χ0n) is 17.6. The van der Waals surface area contributed by atoms with Gasteiger partial charge < -0.3 is 16.0 Å². The average Bonchev–Trinajstić information content (AvgIpc) is 3.12. The first-order valence-electron chi connectivity index (χ1n) is 10.5. The number of hydrogen-bond donors (Lipinski definition) is 4. The largest absolute Gasteiger partial charge is 0.367 e. The molecule has 2 fully saturated rings. The summed E-state index contributed by atoms with van der Waals surface area (Å²) in [5, 5.41) is 15.6. The van der Waals surface area contributed by atoms with Gasteiger partial charge in [0.15, 0.2) is 5.65 Å². The molecule has 0 aromatic carbocycles. The molecule has 4 heterocycles. The van der Waals surface area contributed by atoms with Crippen LogP contribution in [0.15, 0.2) is 28.9 Å². The van der Waals surface area contributed by atoms with Gasteiger partial charge in [-0.2, -0.15) is 9.61 Å². The van der Waals surface area contributed by atoms with Crippen LogP contribution in [0.1, 0.15) is 49.6 Å². The molecule has 2 aromatic heterocycles. The van der Waals surface area contributed by atoms with E-state index < -0.39 is 11.9 Å². The number of nitrogens with zero attached hydrogens (tertiary/aromatic N) is 3. The van der Waals surface area contributed by atoms with Crippen LogP contribution in [0.3, 0.4) is 0 Å². The molecule has 32 heavy (non-hydrogen) atoms. The third-order valence-corrected chi connectivity index (χ3v) is 6.55. The van der Waals surface area contributed by atoms with Crippen LogP contribution in [-0.4, -0.2) is 44.5 Å². The highest BCUT2D eigenvalue weighted by molar-refractivity contribution is 8.04. The maximum Gasteiger partial charge on any atom is 0.326 e. The van der Waals surface area contributed by atoms with Crippen molar-refractivity contribution in [2.75, 3.05) is 5.32 Å². The highest BCUT2D eigenvalue weighted by Gasteiger charge is 2.29. The SMILES string of the molecule is CC(C)NC(=O)C1=CCC(c2cc(NC3CC3)n3ncc(/C=C4\NC(=O)NC4=O)c3n2)S1. The molecule has 11 heteroatoms. The van der Waals surface area contributed by atoms with Gasteiger partial charge in [0, 0.05) is 23.7 Å². The molecule has 5 rings (SSSR count). The molecule has 10 nitrogen and oxygen atoms in total. The molecule has 3 aliphatic rings. The quantitative estimate of drug-likeness (QED) is 0.389. The zero-order chi connectivity index (χ0) is 22.4. The summed E-state index contributed by atoms with van der Waals surface area (Å²) in [5.74, 6) is 0.263. The van der Waals surface area contributed by atoms with Crippen LogP contribution in [0.25, 0.3) is 11.7 Å². The third-order valence-electron chi connectivity index (χ3n) is 5.23. The Morgan fingerprint density at radius 2 is 2.12 bits per heavy atom. The Labute approximate surface area is 188 Å². The molecule has 0 bridgehead atoms. The van der Waals surface area contributed by atoms with Crippen LogP contribution in [-0.2, 0) is 9.59 Å². The molecule has 1 atom stereocenters. The minimum Gasteiger partial charge on any atom is -0.367 e.